The molecule has 1 aromatic heterocycles. The number of carboxylic acids is 1. The molecule has 0 aliphatic heterocycles. The second kappa shape index (κ2) is 4.27. The SMILES string of the molecule is CCC(SC)c1n[nH]nc1C(=O)O. The molecule has 0 aliphatic carbocycles. The van der Waals surface area contributed by atoms with Crippen LogP contribution in [0.1, 0.15) is 34.8 Å². The first-order chi connectivity index (χ1) is 6.20. The summed E-state index contributed by atoms with van der Waals surface area (Å²) in [6.07, 6.45) is 2.77. The monoisotopic (exact) mass is 201 g/mol. The summed E-state index contributed by atoms with van der Waals surface area (Å²) in [7, 11) is 0. The normalized spacial score (nSPS) is 12.8. The van der Waals surface area contributed by atoms with Crippen LogP contribution < -0.4 is 0 Å². The highest BCUT2D eigenvalue weighted by Crippen LogP contribution is 2.29. The van der Waals surface area contributed by atoms with Gasteiger partial charge in [-0.3, -0.25) is 0 Å². The Morgan fingerprint density at radius 3 is 2.85 bits per heavy atom. The molecule has 1 aromatic rings. The van der Waals surface area contributed by atoms with Crippen LogP contribution in [0.2, 0.25) is 0 Å². The molecule has 13 heavy (non-hydrogen) atoms. The van der Waals surface area contributed by atoms with Gasteiger partial charge in [0.2, 0.25) is 0 Å². The Balaban J connectivity index is 2.98. The van der Waals surface area contributed by atoms with Gasteiger partial charge in [-0.15, -0.1) is 5.10 Å². The third kappa shape index (κ3) is 2.00. The highest BCUT2D eigenvalue weighted by atomic mass is 32.2. The van der Waals surface area contributed by atoms with E-state index in [0.717, 1.165) is 6.42 Å². The van der Waals surface area contributed by atoms with E-state index in [9.17, 15) is 4.79 Å². The Kier molecular flexibility index (Phi) is 3.30. The van der Waals surface area contributed by atoms with Gasteiger partial charge >= 0.3 is 5.97 Å². The van der Waals surface area contributed by atoms with Crippen LogP contribution >= 0.6 is 11.8 Å². The molecule has 1 heterocycles. The van der Waals surface area contributed by atoms with Gasteiger partial charge in [0.25, 0.3) is 0 Å². The lowest BCUT2D eigenvalue weighted by atomic mass is 10.2. The molecule has 1 unspecified atom stereocenters. The Bertz CT molecular complexity index is 296. The van der Waals surface area contributed by atoms with Crippen LogP contribution in [0, 0.1) is 0 Å². The first-order valence-electron chi connectivity index (χ1n) is 3.87. The number of rotatable bonds is 4. The average molecular weight is 201 g/mol. The number of carboxylic acid groups (broad SMARTS) is 1. The summed E-state index contributed by atoms with van der Waals surface area (Å²) in [6, 6.07) is 0. The van der Waals surface area contributed by atoms with Crippen LogP contribution in [-0.4, -0.2) is 32.7 Å². The molecular weight excluding hydrogens is 190 g/mol. The van der Waals surface area contributed by atoms with Crippen LogP contribution in [0.25, 0.3) is 0 Å². The third-order valence-electron chi connectivity index (χ3n) is 1.74. The van der Waals surface area contributed by atoms with Crippen molar-refractivity contribution < 1.29 is 9.90 Å². The molecule has 0 amide bonds. The van der Waals surface area contributed by atoms with E-state index in [2.05, 4.69) is 15.4 Å². The van der Waals surface area contributed by atoms with Crippen molar-refractivity contribution in [3.8, 4) is 0 Å². The van der Waals surface area contributed by atoms with Gasteiger partial charge in [0.1, 0.15) is 5.69 Å². The Morgan fingerprint density at radius 2 is 2.38 bits per heavy atom. The molecule has 2 N–H and O–H groups in total. The molecule has 0 bridgehead atoms. The highest BCUT2D eigenvalue weighted by molar-refractivity contribution is 7.98. The lowest BCUT2D eigenvalue weighted by Crippen LogP contribution is -2.04. The van der Waals surface area contributed by atoms with Crippen LogP contribution in [0.3, 0.4) is 0 Å². The zero-order valence-corrected chi connectivity index (χ0v) is 8.26. The maximum atomic E-state index is 10.7. The second-order valence-electron chi connectivity index (χ2n) is 2.50. The third-order valence-corrected chi connectivity index (χ3v) is 2.86. The molecule has 72 valence electrons. The maximum Gasteiger partial charge on any atom is 0.358 e. The van der Waals surface area contributed by atoms with Crippen LogP contribution in [-0.2, 0) is 0 Å². The Morgan fingerprint density at radius 1 is 1.69 bits per heavy atom. The number of aromatic nitrogens is 3. The predicted octanol–water partition coefficient (Wildman–Crippen LogP) is 1.32. The number of aromatic carboxylic acids is 1. The summed E-state index contributed by atoms with van der Waals surface area (Å²) in [5.41, 5.74) is 0.559. The molecule has 0 aromatic carbocycles. The van der Waals surface area contributed by atoms with E-state index < -0.39 is 5.97 Å². The number of thioether (sulfide) groups is 1. The number of nitrogens with one attached hydrogen (secondary N) is 1. The van der Waals surface area contributed by atoms with Crippen molar-refractivity contribution >= 4 is 17.7 Å². The standard InChI is InChI=1S/C7H11N3O2S/c1-3-4(13-2)5-6(7(11)12)9-10-8-5/h4H,3H2,1-2H3,(H,11,12)(H,8,9,10). The minimum absolute atomic E-state index is 0.0289. The van der Waals surface area contributed by atoms with Crippen molar-refractivity contribution in [1.82, 2.24) is 15.4 Å². The molecule has 1 atom stereocenters. The fourth-order valence-electron chi connectivity index (χ4n) is 1.09. The number of H-pyrrole nitrogens is 1. The van der Waals surface area contributed by atoms with Crippen molar-refractivity contribution in [1.29, 1.82) is 0 Å². The molecule has 0 aliphatic rings. The molecule has 0 saturated carbocycles. The summed E-state index contributed by atoms with van der Waals surface area (Å²) < 4.78 is 0. The average Bonchev–Trinajstić information content (AvgIpc) is 2.55. The number of aromatic amines is 1. The van der Waals surface area contributed by atoms with Gasteiger partial charge in [0.05, 0.1) is 5.25 Å². The fourth-order valence-corrected chi connectivity index (χ4v) is 1.81. The molecule has 1 rings (SSSR count). The van der Waals surface area contributed by atoms with Gasteiger partial charge in [-0.05, 0) is 12.7 Å². The first kappa shape index (κ1) is 10.0. The quantitative estimate of drug-likeness (QED) is 0.768. The molecule has 6 heteroatoms. The molecule has 0 spiro atoms. The minimum Gasteiger partial charge on any atom is -0.476 e. The zero-order valence-electron chi connectivity index (χ0n) is 7.44. The number of hydrogen-bond donors (Lipinski definition) is 2. The largest absolute Gasteiger partial charge is 0.476 e. The number of carbonyl (C=O) groups is 1. The number of hydrogen-bond acceptors (Lipinski definition) is 4. The first-order valence-corrected chi connectivity index (χ1v) is 5.16. The molecule has 0 saturated heterocycles. The second-order valence-corrected chi connectivity index (χ2v) is 3.54. The van der Waals surface area contributed by atoms with Crippen molar-refractivity contribution in [3.05, 3.63) is 11.4 Å². The summed E-state index contributed by atoms with van der Waals surface area (Å²) in [6.45, 7) is 1.99. The number of nitrogens with zero attached hydrogens (tertiary/aromatic N) is 2. The lowest BCUT2D eigenvalue weighted by molar-refractivity contribution is 0.0689. The lowest BCUT2D eigenvalue weighted by Gasteiger charge is -2.07. The highest BCUT2D eigenvalue weighted by Gasteiger charge is 2.21. The van der Waals surface area contributed by atoms with Crippen molar-refractivity contribution in [2.24, 2.45) is 0 Å². The van der Waals surface area contributed by atoms with Crippen LogP contribution in [0.4, 0.5) is 0 Å². The summed E-state index contributed by atoms with van der Waals surface area (Å²) in [5.74, 6) is -1.03. The van der Waals surface area contributed by atoms with E-state index in [-0.39, 0.29) is 10.9 Å². The Hall–Kier alpha value is -1.04. The van der Waals surface area contributed by atoms with E-state index in [1.54, 1.807) is 11.8 Å². The van der Waals surface area contributed by atoms with Gasteiger partial charge in [-0.25, -0.2) is 4.79 Å². The predicted molar refractivity (Wildman–Crippen MR) is 49.9 cm³/mol. The molecule has 0 fully saturated rings. The van der Waals surface area contributed by atoms with Crippen LogP contribution in [0.15, 0.2) is 0 Å². The van der Waals surface area contributed by atoms with E-state index in [0.29, 0.717) is 5.69 Å². The van der Waals surface area contributed by atoms with E-state index in [1.807, 2.05) is 13.2 Å². The van der Waals surface area contributed by atoms with Crippen molar-refractivity contribution in [2.75, 3.05) is 6.26 Å². The summed E-state index contributed by atoms with van der Waals surface area (Å²) in [4.78, 5) is 10.7. The smallest absolute Gasteiger partial charge is 0.358 e. The van der Waals surface area contributed by atoms with Gasteiger partial charge in [0.15, 0.2) is 5.69 Å². The fraction of sp³-hybridized carbons (Fsp3) is 0.571. The van der Waals surface area contributed by atoms with E-state index in [4.69, 9.17) is 5.11 Å². The minimum atomic E-state index is -1.03. The maximum absolute atomic E-state index is 10.7. The molecular formula is C7H11N3O2S. The summed E-state index contributed by atoms with van der Waals surface area (Å²) >= 11 is 1.57. The van der Waals surface area contributed by atoms with Crippen molar-refractivity contribution in [3.63, 3.8) is 0 Å². The topological polar surface area (TPSA) is 78.9 Å². The van der Waals surface area contributed by atoms with Gasteiger partial charge in [-0.2, -0.15) is 22.1 Å². The Labute approximate surface area is 79.9 Å². The zero-order chi connectivity index (χ0) is 9.84. The van der Waals surface area contributed by atoms with Crippen LogP contribution in [0.5, 0.6) is 0 Å². The molecule has 0 radical (unpaired) electrons. The van der Waals surface area contributed by atoms with E-state index >= 15 is 0 Å². The summed E-state index contributed by atoms with van der Waals surface area (Å²) in [5, 5.41) is 18.6. The van der Waals surface area contributed by atoms with Gasteiger partial charge in [-0.1, -0.05) is 6.92 Å². The van der Waals surface area contributed by atoms with E-state index in [1.165, 1.54) is 0 Å². The van der Waals surface area contributed by atoms with Gasteiger partial charge in [0, 0.05) is 0 Å². The van der Waals surface area contributed by atoms with Crippen molar-refractivity contribution in [2.45, 2.75) is 18.6 Å². The van der Waals surface area contributed by atoms with Gasteiger partial charge < -0.3 is 5.11 Å². The molecule has 5 nitrogen and oxygen atoms in total.